The summed E-state index contributed by atoms with van der Waals surface area (Å²) in [5, 5.41) is 0.641. The van der Waals surface area contributed by atoms with Crippen molar-refractivity contribution in [1.82, 2.24) is 0 Å². The maximum Gasteiger partial charge on any atom is 0.311 e. The molecule has 126 valence electrons. The zero-order valence-corrected chi connectivity index (χ0v) is 14.4. The van der Waals surface area contributed by atoms with E-state index in [4.69, 9.17) is 25.8 Å². The van der Waals surface area contributed by atoms with Gasteiger partial charge in [0.05, 0.1) is 19.6 Å². The topological polar surface area (TPSA) is 44.8 Å². The van der Waals surface area contributed by atoms with Crippen LogP contribution in [0.1, 0.15) is 36.6 Å². The Hall–Kier alpha value is -2.20. The van der Waals surface area contributed by atoms with Gasteiger partial charge in [-0.15, -0.1) is 0 Å². The first kappa shape index (κ1) is 16.7. The summed E-state index contributed by atoms with van der Waals surface area (Å²) in [6.07, 6.45) is -0.236. The second-order valence-electron chi connectivity index (χ2n) is 5.46. The number of cyclic esters (lactones) is 1. The van der Waals surface area contributed by atoms with Gasteiger partial charge < -0.3 is 14.2 Å². The van der Waals surface area contributed by atoms with Crippen LogP contribution in [0, 0.1) is 0 Å². The Balaban J connectivity index is 2.08. The molecule has 0 saturated heterocycles. The molecule has 0 saturated carbocycles. The van der Waals surface area contributed by atoms with Gasteiger partial charge in [-0.05, 0) is 49.2 Å². The lowest BCUT2D eigenvalue weighted by atomic mass is 9.92. The molecule has 1 unspecified atom stereocenters. The third kappa shape index (κ3) is 3.34. The molecule has 0 N–H and O–H groups in total. The van der Waals surface area contributed by atoms with E-state index in [-0.39, 0.29) is 12.4 Å². The third-order valence-corrected chi connectivity index (χ3v) is 4.10. The normalized spacial score (nSPS) is 16.3. The third-order valence-electron chi connectivity index (χ3n) is 3.84. The van der Waals surface area contributed by atoms with E-state index in [9.17, 15) is 4.79 Å². The Morgan fingerprint density at radius 3 is 2.33 bits per heavy atom. The number of carbonyl (C=O) groups excluding carboxylic acids is 1. The minimum absolute atomic E-state index is 0.228. The van der Waals surface area contributed by atoms with E-state index in [2.05, 4.69) is 0 Å². The minimum atomic E-state index is -0.464. The van der Waals surface area contributed by atoms with Crippen LogP contribution in [0.15, 0.2) is 36.4 Å². The van der Waals surface area contributed by atoms with Gasteiger partial charge in [-0.3, -0.25) is 4.79 Å². The van der Waals surface area contributed by atoms with Crippen LogP contribution >= 0.6 is 11.6 Å². The van der Waals surface area contributed by atoms with E-state index in [1.165, 1.54) is 0 Å². The average molecular weight is 347 g/mol. The van der Waals surface area contributed by atoms with Crippen LogP contribution in [-0.4, -0.2) is 19.2 Å². The van der Waals surface area contributed by atoms with Crippen molar-refractivity contribution in [2.75, 3.05) is 13.2 Å². The Morgan fingerprint density at radius 1 is 1.08 bits per heavy atom. The van der Waals surface area contributed by atoms with Gasteiger partial charge in [0, 0.05) is 10.6 Å². The van der Waals surface area contributed by atoms with Gasteiger partial charge in [-0.2, -0.15) is 0 Å². The molecule has 2 aromatic rings. The lowest BCUT2D eigenvalue weighted by Gasteiger charge is -2.27. The van der Waals surface area contributed by atoms with Crippen molar-refractivity contribution in [2.24, 2.45) is 0 Å². The fraction of sp³-hybridized carbons (Fsp3) is 0.316. The van der Waals surface area contributed by atoms with E-state index < -0.39 is 6.10 Å². The quantitative estimate of drug-likeness (QED) is 0.756. The van der Waals surface area contributed by atoms with Gasteiger partial charge in [-0.1, -0.05) is 23.7 Å². The summed E-state index contributed by atoms with van der Waals surface area (Å²) in [4.78, 5) is 12.0. The molecule has 1 aliphatic rings. The summed E-state index contributed by atoms with van der Waals surface area (Å²) in [7, 11) is 0. The number of esters is 1. The molecular weight excluding hydrogens is 328 g/mol. The molecule has 5 heteroatoms. The SMILES string of the molecule is CCOc1cc2c(cc1OCC)C(c1ccc(Cl)cc1)OC(=O)C2. The number of hydrogen-bond donors (Lipinski definition) is 0. The lowest BCUT2D eigenvalue weighted by Crippen LogP contribution is -2.22. The largest absolute Gasteiger partial charge is 0.490 e. The molecule has 0 aliphatic carbocycles. The molecule has 1 atom stereocenters. The maximum atomic E-state index is 12.0. The summed E-state index contributed by atoms with van der Waals surface area (Å²) < 4.78 is 16.9. The van der Waals surface area contributed by atoms with Gasteiger partial charge in [0.2, 0.25) is 0 Å². The van der Waals surface area contributed by atoms with Gasteiger partial charge in [0.1, 0.15) is 0 Å². The molecule has 0 aromatic heterocycles. The van der Waals surface area contributed by atoms with E-state index in [0.29, 0.717) is 29.7 Å². The predicted molar refractivity (Wildman–Crippen MR) is 91.9 cm³/mol. The van der Waals surface area contributed by atoms with Crippen molar-refractivity contribution >= 4 is 17.6 Å². The van der Waals surface area contributed by atoms with Crippen molar-refractivity contribution in [1.29, 1.82) is 0 Å². The second-order valence-corrected chi connectivity index (χ2v) is 5.90. The van der Waals surface area contributed by atoms with Crippen LogP contribution in [0.25, 0.3) is 0 Å². The first-order valence-electron chi connectivity index (χ1n) is 7.99. The first-order valence-corrected chi connectivity index (χ1v) is 8.37. The fourth-order valence-corrected chi connectivity index (χ4v) is 2.95. The highest BCUT2D eigenvalue weighted by Crippen LogP contribution is 2.40. The van der Waals surface area contributed by atoms with Crippen LogP contribution in [0.5, 0.6) is 11.5 Å². The zero-order chi connectivity index (χ0) is 17.1. The molecule has 1 heterocycles. The van der Waals surface area contributed by atoms with Crippen LogP contribution in [0.2, 0.25) is 5.02 Å². The van der Waals surface area contributed by atoms with Gasteiger partial charge in [0.15, 0.2) is 17.6 Å². The minimum Gasteiger partial charge on any atom is -0.490 e. The average Bonchev–Trinajstić information content (AvgIpc) is 2.56. The van der Waals surface area contributed by atoms with Gasteiger partial charge >= 0.3 is 5.97 Å². The van der Waals surface area contributed by atoms with Crippen molar-refractivity contribution in [3.05, 3.63) is 58.1 Å². The van der Waals surface area contributed by atoms with E-state index in [0.717, 1.165) is 16.7 Å². The van der Waals surface area contributed by atoms with Crippen LogP contribution in [0.3, 0.4) is 0 Å². The predicted octanol–water partition coefficient (Wildman–Crippen LogP) is 4.33. The maximum absolute atomic E-state index is 12.0. The number of carbonyl (C=O) groups is 1. The first-order chi connectivity index (χ1) is 11.6. The summed E-state index contributed by atoms with van der Waals surface area (Å²) in [5.74, 6) is 1.06. The van der Waals surface area contributed by atoms with Crippen molar-refractivity contribution in [2.45, 2.75) is 26.4 Å². The Bertz CT molecular complexity index is 740. The lowest BCUT2D eigenvalue weighted by molar-refractivity contribution is -0.148. The molecule has 2 aromatic carbocycles. The van der Waals surface area contributed by atoms with Crippen LogP contribution in [0.4, 0.5) is 0 Å². The monoisotopic (exact) mass is 346 g/mol. The van der Waals surface area contributed by atoms with Crippen LogP contribution < -0.4 is 9.47 Å². The number of benzene rings is 2. The van der Waals surface area contributed by atoms with Gasteiger partial charge in [0.25, 0.3) is 0 Å². The Kier molecular flexibility index (Phi) is 4.95. The summed E-state index contributed by atoms with van der Waals surface area (Å²) in [6, 6.07) is 11.1. The summed E-state index contributed by atoms with van der Waals surface area (Å²) >= 11 is 5.96. The van der Waals surface area contributed by atoms with Crippen LogP contribution in [-0.2, 0) is 16.0 Å². The van der Waals surface area contributed by atoms with Crippen molar-refractivity contribution in [3.8, 4) is 11.5 Å². The van der Waals surface area contributed by atoms with Crippen molar-refractivity contribution < 1.29 is 19.0 Å². The summed E-state index contributed by atoms with van der Waals surface area (Å²) in [6.45, 7) is 4.90. The number of rotatable bonds is 5. The highest BCUT2D eigenvalue weighted by Gasteiger charge is 2.30. The highest BCUT2D eigenvalue weighted by atomic mass is 35.5. The molecule has 4 nitrogen and oxygen atoms in total. The number of ether oxygens (including phenoxy) is 3. The number of hydrogen-bond acceptors (Lipinski definition) is 4. The Morgan fingerprint density at radius 2 is 1.71 bits per heavy atom. The molecule has 0 spiro atoms. The molecule has 3 rings (SSSR count). The van der Waals surface area contributed by atoms with Gasteiger partial charge in [-0.25, -0.2) is 0 Å². The fourth-order valence-electron chi connectivity index (χ4n) is 2.83. The molecule has 0 radical (unpaired) electrons. The molecule has 24 heavy (non-hydrogen) atoms. The highest BCUT2D eigenvalue weighted by molar-refractivity contribution is 6.30. The van der Waals surface area contributed by atoms with E-state index >= 15 is 0 Å². The standard InChI is InChI=1S/C19H19ClO4/c1-3-22-16-9-13-10-18(21)24-19(12-5-7-14(20)8-6-12)15(13)11-17(16)23-4-2/h5-9,11,19H,3-4,10H2,1-2H3. The van der Waals surface area contributed by atoms with E-state index in [1.807, 2.05) is 38.1 Å². The molecule has 0 bridgehead atoms. The molecule has 0 fully saturated rings. The Labute approximate surface area is 146 Å². The van der Waals surface area contributed by atoms with Crippen molar-refractivity contribution in [3.63, 3.8) is 0 Å². The second kappa shape index (κ2) is 7.14. The summed E-state index contributed by atoms with van der Waals surface area (Å²) in [5.41, 5.74) is 2.70. The zero-order valence-electron chi connectivity index (χ0n) is 13.7. The number of halogens is 1. The molecule has 1 aliphatic heterocycles. The van der Waals surface area contributed by atoms with E-state index in [1.54, 1.807) is 12.1 Å². The smallest absolute Gasteiger partial charge is 0.311 e. The molecular formula is C19H19ClO4. The number of fused-ring (bicyclic) bond motifs is 1. The molecule has 0 amide bonds.